The van der Waals surface area contributed by atoms with Crippen LogP contribution in [0.15, 0.2) is 0 Å². The van der Waals surface area contributed by atoms with Crippen molar-refractivity contribution in [2.24, 2.45) is 5.92 Å². The van der Waals surface area contributed by atoms with Crippen molar-refractivity contribution in [2.75, 3.05) is 19.8 Å². The fourth-order valence-corrected chi connectivity index (χ4v) is 2.71. The van der Waals surface area contributed by atoms with E-state index in [-0.39, 0.29) is 18.9 Å². The molecule has 2 fully saturated rings. The molecular formula is C12H19F3N2O2. The van der Waals surface area contributed by atoms with E-state index in [4.69, 9.17) is 4.74 Å². The van der Waals surface area contributed by atoms with E-state index in [0.29, 0.717) is 26.0 Å². The molecule has 1 aliphatic carbocycles. The van der Waals surface area contributed by atoms with Gasteiger partial charge >= 0.3 is 6.18 Å². The number of hydrogen-bond donors (Lipinski definition) is 2. The van der Waals surface area contributed by atoms with Crippen molar-refractivity contribution >= 4 is 5.91 Å². The third kappa shape index (κ3) is 3.82. The third-order valence-corrected chi connectivity index (χ3v) is 3.75. The third-order valence-electron chi connectivity index (χ3n) is 3.75. The number of carbonyl (C=O) groups excluding carboxylic acids is 1. The molecule has 2 N–H and O–H groups in total. The minimum atomic E-state index is -4.24. The van der Waals surface area contributed by atoms with E-state index in [1.54, 1.807) is 0 Å². The molecule has 0 bridgehead atoms. The number of ether oxygens (including phenoxy) is 1. The topological polar surface area (TPSA) is 50.4 Å². The lowest BCUT2D eigenvalue weighted by Crippen LogP contribution is -2.56. The number of amides is 1. The van der Waals surface area contributed by atoms with Crippen LogP contribution in [0.4, 0.5) is 13.2 Å². The lowest BCUT2D eigenvalue weighted by molar-refractivity contribution is -0.189. The Hall–Kier alpha value is -0.820. The van der Waals surface area contributed by atoms with Gasteiger partial charge in [0.1, 0.15) is 6.04 Å². The maximum absolute atomic E-state index is 12.9. The first-order valence-electron chi connectivity index (χ1n) is 6.66. The first-order chi connectivity index (χ1) is 8.98. The first-order valence-corrected chi connectivity index (χ1v) is 6.66. The Morgan fingerprint density at radius 3 is 2.63 bits per heavy atom. The van der Waals surface area contributed by atoms with Crippen LogP contribution in [0.3, 0.4) is 0 Å². The lowest BCUT2D eigenvalue weighted by atomic mass is 9.84. The van der Waals surface area contributed by atoms with Gasteiger partial charge in [0, 0.05) is 12.6 Å². The average Bonchev–Trinajstić information content (AvgIpc) is 2.39. The Balaban J connectivity index is 1.93. The summed E-state index contributed by atoms with van der Waals surface area (Å²) in [5, 5.41) is 5.49. The highest BCUT2D eigenvalue weighted by molar-refractivity contribution is 5.82. The van der Waals surface area contributed by atoms with Crippen LogP contribution in [0.2, 0.25) is 0 Å². The van der Waals surface area contributed by atoms with E-state index in [1.807, 2.05) is 0 Å². The molecule has 2 rings (SSSR count). The molecule has 0 aromatic rings. The van der Waals surface area contributed by atoms with Crippen molar-refractivity contribution in [1.82, 2.24) is 10.6 Å². The van der Waals surface area contributed by atoms with Crippen molar-refractivity contribution in [3.8, 4) is 0 Å². The first kappa shape index (κ1) is 14.6. The fourth-order valence-electron chi connectivity index (χ4n) is 2.71. The molecule has 0 spiro atoms. The maximum Gasteiger partial charge on any atom is 0.393 e. The van der Waals surface area contributed by atoms with Crippen molar-refractivity contribution in [2.45, 2.75) is 43.9 Å². The largest absolute Gasteiger partial charge is 0.393 e. The van der Waals surface area contributed by atoms with Crippen LogP contribution in [-0.4, -0.2) is 43.9 Å². The zero-order valence-corrected chi connectivity index (χ0v) is 10.6. The second-order valence-corrected chi connectivity index (χ2v) is 5.13. The summed E-state index contributed by atoms with van der Waals surface area (Å²) in [7, 11) is 0. The summed E-state index contributed by atoms with van der Waals surface area (Å²) in [6.45, 7) is 1.29. The van der Waals surface area contributed by atoms with E-state index in [2.05, 4.69) is 10.6 Å². The highest BCUT2D eigenvalue weighted by Gasteiger charge is 2.46. The number of alkyl halides is 3. The van der Waals surface area contributed by atoms with E-state index in [0.717, 1.165) is 6.42 Å². The van der Waals surface area contributed by atoms with E-state index in [1.165, 1.54) is 0 Å². The molecule has 1 aliphatic heterocycles. The van der Waals surface area contributed by atoms with Crippen LogP contribution in [0.25, 0.3) is 0 Å². The standard InChI is InChI=1S/C12H19F3N2O2/c13-12(14,15)8-3-1-2-4-9(8)17-11(18)10-7-19-6-5-16-10/h8-10,16H,1-7H2,(H,17,18). The van der Waals surface area contributed by atoms with Crippen molar-refractivity contribution in [3.63, 3.8) is 0 Å². The van der Waals surface area contributed by atoms with Crippen molar-refractivity contribution in [1.29, 1.82) is 0 Å². The van der Waals surface area contributed by atoms with E-state index < -0.39 is 24.2 Å². The van der Waals surface area contributed by atoms with Gasteiger partial charge in [0.2, 0.25) is 5.91 Å². The van der Waals surface area contributed by atoms with Gasteiger partial charge in [-0.25, -0.2) is 0 Å². The van der Waals surface area contributed by atoms with Crippen LogP contribution < -0.4 is 10.6 Å². The van der Waals surface area contributed by atoms with Gasteiger partial charge < -0.3 is 15.4 Å². The zero-order valence-electron chi connectivity index (χ0n) is 10.6. The summed E-state index contributed by atoms with van der Waals surface area (Å²) < 4.78 is 43.8. The van der Waals surface area contributed by atoms with Crippen LogP contribution in [0.5, 0.6) is 0 Å². The van der Waals surface area contributed by atoms with E-state index in [9.17, 15) is 18.0 Å². The summed E-state index contributed by atoms with van der Waals surface area (Å²) in [6, 6.07) is -1.34. The molecule has 1 saturated carbocycles. The lowest BCUT2D eigenvalue weighted by Gasteiger charge is -2.35. The second-order valence-electron chi connectivity index (χ2n) is 5.13. The van der Waals surface area contributed by atoms with E-state index >= 15 is 0 Å². The number of nitrogens with one attached hydrogen (secondary N) is 2. The Morgan fingerprint density at radius 2 is 2.00 bits per heavy atom. The summed E-state index contributed by atoms with van der Waals surface area (Å²) in [6.07, 6.45) is -2.45. The molecule has 19 heavy (non-hydrogen) atoms. The highest BCUT2D eigenvalue weighted by Crippen LogP contribution is 2.37. The Labute approximate surface area is 110 Å². The highest BCUT2D eigenvalue weighted by atomic mass is 19.4. The Kier molecular flexibility index (Phi) is 4.67. The number of rotatable bonds is 2. The SMILES string of the molecule is O=C(NC1CCCCC1C(F)(F)F)C1COCCN1. The summed E-state index contributed by atoms with van der Waals surface area (Å²) >= 11 is 0. The maximum atomic E-state index is 12.9. The molecule has 1 saturated heterocycles. The van der Waals surface area contributed by atoms with Gasteiger partial charge in [-0.2, -0.15) is 13.2 Å². The predicted molar refractivity (Wildman–Crippen MR) is 62.6 cm³/mol. The zero-order chi connectivity index (χ0) is 13.9. The molecule has 3 unspecified atom stereocenters. The number of morpholine rings is 1. The minimum absolute atomic E-state index is 0.100. The van der Waals surface area contributed by atoms with Gasteiger partial charge in [-0.3, -0.25) is 4.79 Å². The summed E-state index contributed by atoms with van der Waals surface area (Å²) in [5.74, 6) is -1.81. The van der Waals surface area contributed by atoms with Gasteiger partial charge in [-0.05, 0) is 12.8 Å². The molecule has 2 aliphatic rings. The quantitative estimate of drug-likeness (QED) is 0.799. The molecule has 4 nitrogen and oxygen atoms in total. The number of carbonyl (C=O) groups is 1. The number of hydrogen-bond acceptors (Lipinski definition) is 3. The van der Waals surface area contributed by atoms with Gasteiger partial charge in [0.15, 0.2) is 0 Å². The minimum Gasteiger partial charge on any atom is -0.378 e. The molecule has 0 radical (unpaired) electrons. The summed E-state index contributed by atoms with van der Waals surface area (Å²) in [5.41, 5.74) is 0. The van der Waals surface area contributed by atoms with Gasteiger partial charge in [0.05, 0.1) is 19.1 Å². The van der Waals surface area contributed by atoms with Crippen molar-refractivity contribution in [3.05, 3.63) is 0 Å². The normalized spacial score (nSPS) is 32.9. The fraction of sp³-hybridized carbons (Fsp3) is 0.917. The molecule has 1 amide bonds. The van der Waals surface area contributed by atoms with Gasteiger partial charge in [0.25, 0.3) is 0 Å². The second kappa shape index (κ2) is 6.09. The Morgan fingerprint density at radius 1 is 1.26 bits per heavy atom. The molecule has 0 aromatic heterocycles. The predicted octanol–water partition coefficient (Wildman–Crippen LogP) is 1.21. The summed E-state index contributed by atoms with van der Waals surface area (Å²) in [4.78, 5) is 11.9. The average molecular weight is 280 g/mol. The van der Waals surface area contributed by atoms with Crippen LogP contribution in [-0.2, 0) is 9.53 Å². The number of halogens is 3. The molecule has 1 heterocycles. The Bertz CT molecular complexity index is 317. The molecule has 7 heteroatoms. The molecule has 110 valence electrons. The van der Waals surface area contributed by atoms with Gasteiger partial charge in [-0.1, -0.05) is 12.8 Å². The van der Waals surface area contributed by atoms with Gasteiger partial charge in [-0.15, -0.1) is 0 Å². The van der Waals surface area contributed by atoms with Crippen LogP contribution >= 0.6 is 0 Å². The molecule has 0 aromatic carbocycles. The molecular weight excluding hydrogens is 261 g/mol. The van der Waals surface area contributed by atoms with Crippen LogP contribution in [0, 0.1) is 5.92 Å². The van der Waals surface area contributed by atoms with Crippen LogP contribution in [0.1, 0.15) is 25.7 Å². The van der Waals surface area contributed by atoms with Crippen molar-refractivity contribution < 1.29 is 22.7 Å². The monoisotopic (exact) mass is 280 g/mol. The molecule has 3 atom stereocenters. The smallest absolute Gasteiger partial charge is 0.378 e.